The van der Waals surface area contributed by atoms with Crippen molar-refractivity contribution in [2.45, 2.75) is 26.6 Å². The fourth-order valence-corrected chi connectivity index (χ4v) is 2.79. The molecule has 2 aromatic carbocycles. The van der Waals surface area contributed by atoms with Crippen LogP contribution in [0.1, 0.15) is 28.6 Å². The lowest BCUT2D eigenvalue weighted by Gasteiger charge is -2.13. The summed E-state index contributed by atoms with van der Waals surface area (Å²) >= 11 is 0. The van der Waals surface area contributed by atoms with E-state index in [1.165, 1.54) is 14.0 Å². The third-order valence-corrected chi connectivity index (χ3v) is 4.11. The number of benzene rings is 2. The maximum absolute atomic E-state index is 12.6. The fourth-order valence-electron chi connectivity index (χ4n) is 2.79. The molecule has 0 fully saturated rings. The Bertz CT molecular complexity index is 976. The highest BCUT2D eigenvalue weighted by atomic mass is 16.6. The highest BCUT2D eigenvalue weighted by molar-refractivity contribution is 5.99. The molecule has 0 aliphatic rings. The summed E-state index contributed by atoms with van der Waals surface area (Å²) in [6.07, 6.45) is -0.985. The van der Waals surface area contributed by atoms with Gasteiger partial charge in [0, 0.05) is 23.7 Å². The van der Waals surface area contributed by atoms with Crippen LogP contribution in [-0.2, 0) is 20.9 Å². The van der Waals surface area contributed by atoms with E-state index >= 15 is 0 Å². The van der Waals surface area contributed by atoms with Crippen molar-refractivity contribution in [2.75, 3.05) is 12.4 Å². The average molecular weight is 367 g/mol. The van der Waals surface area contributed by atoms with Gasteiger partial charge in [-0.3, -0.25) is 4.79 Å². The van der Waals surface area contributed by atoms with Crippen molar-refractivity contribution in [1.82, 2.24) is 0 Å². The highest BCUT2D eigenvalue weighted by Crippen LogP contribution is 2.27. The second kappa shape index (κ2) is 8.05. The number of para-hydroxylation sites is 1. The molecule has 0 bridgehead atoms. The van der Waals surface area contributed by atoms with Crippen LogP contribution in [0.15, 0.2) is 52.9 Å². The van der Waals surface area contributed by atoms with Gasteiger partial charge in [-0.1, -0.05) is 30.3 Å². The summed E-state index contributed by atoms with van der Waals surface area (Å²) in [7, 11) is 1.54. The minimum atomic E-state index is -0.985. The van der Waals surface area contributed by atoms with Crippen LogP contribution in [0.3, 0.4) is 0 Å². The Labute approximate surface area is 157 Å². The van der Waals surface area contributed by atoms with Gasteiger partial charge < -0.3 is 19.2 Å². The van der Waals surface area contributed by atoms with E-state index in [-0.39, 0.29) is 12.4 Å². The Morgan fingerprint density at radius 3 is 2.67 bits per heavy atom. The summed E-state index contributed by atoms with van der Waals surface area (Å²) in [5, 5.41) is 3.51. The number of hydrogen-bond acceptors (Lipinski definition) is 5. The topological polar surface area (TPSA) is 77.8 Å². The first-order chi connectivity index (χ1) is 13.0. The van der Waals surface area contributed by atoms with Gasteiger partial charge in [-0.05, 0) is 37.6 Å². The normalized spacial score (nSPS) is 12.0. The number of furan rings is 1. The number of esters is 1. The number of carbonyl (C=O) groups is 2. The molecule has 1 amide bonds. The van der Waals surface area contributed by atoms with E-state index < -0.39 is 18.0 Å². The van der Waals surface area contributed by atoms with Gasteiger partial charge in [0.1, 0.15) is 5.58 Å². The van der Waals surface area contributed by atoms with Gasteiger partial charge >= 0.3 is 5.97 Å². The van der Waals surface area contributed by atoms with Crippen LogP contribution >= 0.6 is 0 Å². The smallest absolute Gasteiger partial charge is 0.375 e. The minimum Gasteiger partial charge on any atom is -0.449 e. The number of methoxy groups -OCH3 is 1. The zero-order valence-electron chi connectivity index (χ0n) is 15.4. The van der Waals surface area contributed by atoms with Gasteiger partial charge in [0.25, 0.3) is 5.91 Å². The number of fused-ring (bicyclic) bond motifs is 1. The molecule has 1 heterocycles. The lowest BCUT2D eigenvalue weighted by Crippen LogP contribution is -2.30. The van der Waals surface area contributed by atoms with Gasteiger partial charge in [0.15, 0.2) is 6.10 Å². The second-order valence-corrected chi connectivity index (χ2v) is 6.25. The molecule has 0 aliphatic carbocycles. The minimum absolute atomic E-state index is 0.0493. The molecule has 0 radical (unpaired) electrons. The molecule has 6 heteroatoms. The third-order valence-electron chi connectivity index (χ3n) is 4.11. The predicted molar refractivity (Wildman–Crippen MR) is 102 cm³/mol. The van der Waals surface area contributed by atoms with Gasteiger partial charge in [-0.15, -0.1) is 0 Å². The van der Waals surface area contributed by atoms with Crippen molar-refractivity contribution in [3.05, 3.63) is 65.4 Å². The van der Waals surface area contributed by atoms with Gasteiger partial charge in [-0.25, -0.2) is 4.79 Å². The second-order valence-electron chi connectivity index (χ2n) is 6.25. The van der Waals surface area contributed by atoms with E-state index in [0.717, 1.165) is 10.9 Å². The molecule has 1 N–H and O–H groups in total. The summed E-state index contributed by atoms with van der Waals surface area (Å²) in [5.74, 6) is -1.07. The van der Waals surface area contributed by atoms with E-state index in [4.69, 9.17) is 13.9 Å². The monoisotopic (exact) mass is 367 g/mol. The number of aryl methyl sites for hydroxylation is 1. The molecular formula is C21H21NO5. The summed E-state index contributed by atoms with van der Waals surface area (Å²) in [6.45, 7) is 3.64. The molecule has 0 saturated carbocycles. The Kier molecular flexibility index (Phi) is 5.57. The van der Waals surface area contributed by atoms with Crippen LogP contribution in [0, 0.1) is 6.92 Å². The van der Waals surface area contributed by atoms with Crippen LogP contribution in [0.25, 0.3) is 11.0 Å². The number of amides is 1. The number of rotatable bonds is 6. The van der Waals surface area contributed by atoms with Crippen molar-refractivity contribution in [1.29, 1.82) is 0 Å². The Hall–Kier alpha value is -3.12. The molecule has 1 atom stereocenters. The third kappa shape index (κ3) is 4.17. The van der Waals surface area contributed by atoms with Crippen molar-refractivity contribution in [3.8, 4) is 0 Å². The summed E-state index contributed by atoms with van der Waals surface area (Å²) in [5.41, 5.74) is 2.83. The molecule has 0 aliphatic heterocycles. The first kappa shape index (κ1) is 18.7. The quantitative estimate of drug-likeness (QED) is 0.665. The van der Waals surface area contributed by atoms with Crippen LogP contribution in [0.5, 0.6) is 0 Å². The van der Waals surface area contributed by atoms with E-state index in [2.05, 4.69) is 5.32 Å². The van der Waals surface area contributed by atoms with E-state index in [9.17, 15) is 9.59 Å². The maximum atomic E-state index is 12.6. The van der Waals surface area contributed by atoms with E-state index in [0.29, 0.717) is 16.8 Å². The predicted octanol–water partition coefficient (Wildman–Crippen LogP) is 4.07. The number of hydrogen-bond donors (Lipinski definition) is 1. The summed E-state index contributed by atoms with van der Waals surface area (Å²) < 4.78 is 16.1. The molecule has 0 saturated heterocycles. The SMILES string of the molecule is COCc1c(C(=O)O[C@H](C)C(=O)Nc2cccc(C)c2)oc2ccccc12. The number of carbonyl (C=O) groups excluding carboxylic acids is 2. The highest BCUT2D eigenvalue weighted by Gasteiger charge is 2.25. The molecule has 3 rings (SSSR count). The lowest BCUT2D eigenvalue weighted by molar-refractivity contribution is -0.123. The molecule has 140 valence electrons. The molecule has 0 unspecified atom stereocenters. The van der Waals surface area contributed by atoms with Crippen molar-refractivity contribution < 1.29 is 23.5 Å². The number of nitrogens with one attached hydrogen (secondary N) is 1. The summed E-state index contributed by atoms with van der Waals surface area (Å²) in [4.78, 5) is 24.9. The molecule has 6 nitrogen and oxygen atoms in total. The number of ether oxygens (including phenoxy) is 2. The van der Waals surface area contributed by atoms with Crippen molar-refractivity contribution in [2.24, 2.45) is 0 Å². The van der Waals surface area contributed by atoms with Gasteiger partial charge in [0.2, 0.25) is 5.76 Å². The largest absolute Gasteiger partial charge is 0.449 e. The van der Waals surface area contributed by atoms with Crippen LogP contribution < -0.4 is 5.32 Å². The average Bonchev–Trinajstić information content (AvgIpc) is 3.01. The lowest BCUT2D eigenvalue weighted by atomic mass is 10.1. The fraction of sp³-hybridized carbons (Fsp3) is 0.238. The van der Waals surface area contributed by atoms with Crippen LogP contribution in [0.4, 0.5) is 5.69 Å². The molecule has 3 aromatic rings. The molecule has 1 aromatic heterocycles. The first-order valence-electron chi connectivity index (χ1n) is 8.57. The van der Waals surface area contributed by atoms with Crippen LogP contribution in [0.2, 0.25) is 0 Å². The molecular weight excluding hydrogens is 346 g/mol. The van der Waals surface area contributed by atoms with Crippen molar-refractivity contribution >= 4 is 28.5 Å². The van der Waals surface area contributed by atoms with Gasteiger partial charge in [0.05, 0.1) is 6.61 Å². The zero-order chi connectivity index (χ0) is 19.4. The van der Waals surface area contributed by atoms with E-state index in [1.54, 1.807) is 12.1 Å². The van der Waals surface area contributed by atoms with Crippen molar-refractivity contribution in [3.63, 3.8) is 0 Å². The summed E-state index contributed by atoms with van der Waals surface area (Å²) in [6, 6.07) is 14.7. The Balaban J connectivity index is 1.75. The first-order valence-corrected chi connectivity index (χ1v) is 8.57. The molecule has 0 spiro atoms. The Morgan fingerprint density at radius 1 is 1.15 bits per heavy atom. The van der Waals surface area contributed by atoms with Crippen LogP contribution in [-0.4, -0.2) is 25.1 Å². The number of anilines is 1. The maximum Gasteiger partial charge on any atom is 0.375 e. The zero-order valence-corrected chi connectivity index (χ0v) is 15.4. The Morgan fingerprint density at radius 2 is 1.93 bits per heavy atom. The van der Waals surface area contributed by atoms with E-state index in [1.807, 2.05) is 43.3 Å². The van der Waals surface area contributed by atoms with Gasteiger partial charge in [-0.2, -0.15) is 0 Å². The standard InChI is InChI=1S/C21H21NO5/c1-13-7-6-8-15(11-13)22-20(23)14(2)26-21(24)19-17(12-25-3)16-9-4-5-10-18(16)27-19/h4-11,14H,12H2,1-3H3,(H,22,23)/t14-/m1/s1. The molecule has 27 heavy (non-hydrogen) atoms.